The van der Waals surface area contributed by atoms with Gasteiger partial charge in [-0.1, -0.05) is 15.9 Å². The Kier molecular flexibility index (Phi) is 4.19. The van der Waals surface area contributed by atoms with E-state index in [0.29, 0.717) is 5.69 Å². The highest BCUT2D eigenvalue weighted by Crippen LogP contribution is 2.17. The Labute approximate surface area is 106 Å². The van der Waals surface area contributed by atoms with Crippen LogP contribution in [0.4, 0.5) is 11.4 Å². The summed E-state index contributed by atoms with van der Waals surface area (Å²) in [6, 6.07) is 5.36. The summed E-state index contributed by atoms with van der Waals surface area (Å²) in [6.07, 6.45) is 0. The second-order valence-electron chi connectivity index (χ2n) is 3.67. The Bertz CT molecular complexity index is 430. The summed E-state index contributed by atoms with van der Waals surface area (Å²) in [5.74, 6) is -0.580. The molecule has 0 aliphatic rings. The average Bonchev–Trinajstić information content (AvgIpc) is 2.29. The first kappa shape index (κ1) is 13.6. The van der Waals surface area contributed by atoms with E-state index in [0.717, 1.165) is 0 Å². The highest BCUT2D eigenvalue weighted by Gasteiger charge is 2.28. The Morgan fingerprint density at radius 2 is 2.06 bits per heavy atom. The molecule has 1 rings (SSSR count). The van der Waals surface area contributed by atoms with Crippen LogP contribution in [-0.2, 0) is 4.79 Å². The summed E-state index contributed by atoms with van der Waals surface area (Å²) in [5, 5.41) is 22.6. The molecule has 92 valence electrons. The van der Waals surface area contributed by atoms with Crippen molar-refractivity contribution in [1.29, 1.82) is 0 Å². The first-order valence-electron chi connectivity index (χ1n) is 4.71. The van der Waals surface area contributed by atoms with Crippen molar-refractivity contribution in [2.45, 2.75) is 12.5 Å². The van der Waals surface area contributed by atoms with Gasteiger partial charge >= 0.3 is 0 Å². The summed E-state index contributed by atoms with van der Waals surface area (Å²) in [6.45, 7) is 1.36. The van der Waals surface area contributed by atoms with Crippen molar-refractivity contribution in [2.75, 3.05) is 10.6 Å². The van der Waals surface area contributed by atoms with Gasteiger partial charge in [0.05, 0.1) is 4.92 Å². The zero-order valence-corrected chi connectivity index (χ0v) is 10.6. The molecule has 0 fully saturated rings. The second kappa shape index (κ2) is 5.24. The monoisotopic (exact) mass is 302 g/mol. The highest BCUT2D eigenvalue weighted by molar-refractivity contribution is 9.09. The van der Waals surface area contributed by atoms with E-state index in [1.165, 1.54) is 31.2 Å². The number of carbonyl (C=O) groups excluding carboxylic acids is 1. The standard InChI is InChI=1S/C10H11BrN2O4/c1-10(15,6-11)9(14)12-7-2-4-8(5-3-7)13(16)17/h2-5,15H,6H2,1H3,(H,12,14)/t10-/m0/s1. The van der Waals surface area contributed by atoms with E-state index in [2.05, 4.69) is 21.2 Å². The molecule has 0 spiro atoms. The van der Waals surface area contributed by atoms with Crippen LogP contribution in [0.1, 0.15) is 6.92 Å². The lowest BCUT2D eigenvalue weighted by atomic mass is 10.1. The highest BCUT2D eigenvalue weighted by atomic mass is 79.9. The van der Waals surface area contributed by atoms with Gasteiger partial charge in [-0.05, 0) is 19.1 Å². The summed E-state index contributed by atoms with van der Waals surface area (Å²) in [5.41, 5.74) is -1.20. The number of alkyl halides is 1. The SMILES string of the molecule is C[C@](O)(CBr)C(=O)Nc1ccc([N+](=O)[O-])cc1. The molecule has 6 nitrogen and oxygen atoms in total. The summed E-state index contributed by atoms with van der Waals surface area (Å²) >= 11 is 3.02. The fourth-order valence-corrected chi connectivity index (χ4v) is 1.25. The normalized spacial score (nSPS) is 13.8. The van der Waals surface area contributed by atoms with E-state index in [4.69, 9.17) is 0 Å². The fourth-order valence-electron chi connectivity index (χ4n) is 0.993. The van der Waals surface area contributed by atoms with Crippen LogP contribution in [0.25, 0.3) is 0 Å². The number of nitrogens with one attached hydrogen (secondary N) is 1. The third-order valence-electron chi connectivity index (χ3n) is 2.09. The number of amides is 1. The minimum atomic E-state index is -1.53. The van der Waals surface area contributed by atoms with Crippen molar-refractivity contribution >= 4 is 33.2 Å². The van der Waals surface area contributed by atoms with Gasteiger partial charge in [-0.15, -0.1) is 0 Å². The van der Waals surface area contributed by atoms with Gasteiger partial charge in [0.2, 0.25) is 0 Å². The molecule has 0 unspecified atom stereocenters. The Morgan fingerprint density at radius 1 is 1.53 bits per heavy atom. The lowest BCUT2D eigenvalue weighted by Gasteiger charge is -2.19. The maximum Gasteiger partial charge on any atom is 0.269 e. The van der Waals surface area contributed by atoms with Crippen LogP contribution in [0.5, 0.6) is 0 Å². The quantitative estimate of drug-likeness (QED) is 0.503. The molecule has 0 radical (unpaired) electrons. The number of benzene rings is 1. The van der Waals surface area contributed by atoms with Crippen LogP contribution >= 0.6 is 15.9 Å². The van der Waals surface area contributed by atoms with Crippen molar-refractivity contribution in [2.24, 2.45) is 0 Å². The molecule has 1 aromatic carbocycles. The Balaban J connectivity index is 2.76. The van der Waals surface area contributed by atoms with E-state index in [1.807, 2.05) is 0 Å². The lowest BCUT2D eigenvalue weighted by Crippen LogP contribution is -2.41. The number of rotatable bonds is 4. The number of hydrogen-bond donors (Lipinski definition) is 2. The van der Waals surface area contributed by atoms with Gasteiger partial charge < -0.3 is 10.4 Å². The van der Waals surface area contributed by atoms with Crippen molar-refractivity contribution < 1.29 is 14.8 Å². The van der Waals surface area contributed by atoms with E-state index in [-0.39, 0.29) is 11.0 Å². The summed E-state index contributed by atoms with van der Waals surface area (Å²) < 4.78 is 0. The van der Waals surface area contributed by atoms with Crippen LogP contribution in [0.2, 0.25) is 0 Å². The number of aliphatic hydroxyl groups is 1. The number of non-ortho nitro benzene ring substituents is 1. The molecule has 2 N–H and O–H groups in total. The third kappa shape index (κ3) is 3.50. The molecule has 0 bridgehead atoms. The molecule has 1 aromatic rings. The fraction of sp³-hybridized carbons (Fsp3) is 0.300. The molecule has 0 aliphatic carbocycles. The minimum absolute atomic E-state index is 0.0600. The van der Waals surface area contributed by atoms with Gasteiger partial charge in [-0.25, -0.2) is 0 Å². The van der Waals surface area contributed by atoms with Crippen molar-refractivity contribution in [3.8, 4) is 0 Å². The average molecular weight is 303 g/mol. The smallest absolute Gasteiger partial charge is 0.269 e. The van der Waals surface area contributed by atoms with Crippen molar-refractivity contribution in [1.82, 2.24) is 0 Å². The number of nitro benzene ring substituents is 1. The zero-order valence-electron chi connectivity index (χ0n) is 9.01. The van der Waals surface area contributed by atoms with Crippen LogP contribution in [0, 0.1) is 10.1 Å². The van der Waals surface area contributed by atoms with Crippen LogP contribution in [0.3, 0.4) is 0 Å². The molecule has 7 heteroatoms. The van der Waals surface area contributed by atoms with Crippen LogP contribution in [0.15, 0.2) is 24.3 Å². The topological polar surface area (TPSA) is 92.5 Å². The van der Waals surface area contributed by atoms with E-state index in [9.17, 15) is 20.0 Å². The molecular formula is C10H11BrN2O4. The maximum atomic E-state index is 11.6. The molecular weight excluding hydrogens is 292 g/mol. The molecule has 0 saturated heterocycles. The number of carbonyl (C=O) groups is 1. The largest absolute Gasteiger partial charge is 0.379 e. The maximum absolute atomic E-state index is 11.6. The van der Waals surface area contributed by atoms with Gasteiger partial charge in [-0.2, -0.15) is 0 Å². The predicted molar refractivity (Wildman–Crippen MR) is 66.1 cm³/mol. The summed E-state index contributed by atoms with van der Waals surface area (Å²) in [4.78, 5) is 21.4. The molecule has 0 aliphatic heterocycles. The molecule has 17 heavy (non-hydrogen) atoms. The summed E-state index contributed by atoms with van der Waals surface area (Å²) in [7, 11) is 0. The molecule has 1 amide bonds. The molecule has 0 heterocycles. The third-order valence-corrected chi connectivity index (χ3v) is 3.18. The van der Waals surface area contributed by atoms with Gasteiger partial charge in [-0.3, -0.25) is 14.9 Å². The second-order valence-corrected chi connectivity index (χ2v) is 4.23. The number of nitro groups is 1. The number of nitrogens with zero attached hydrogens (tertiary/aromatic N) is 1. The van der Waals surface area contributed by atoms with Gasteiger partial charge in [0.1, 0.15) is 5.60 Å². The number of anilines is 1. The van der Waals surface area contributed by atoms with Crippen molar-refractivity contribution in [3.05, 3.63) is 34.4 Å². The molecule has 1 atom stereocenters. The number of halogens is 1. The van der Waals surface area contributed by atoms with Crippen LogP contribution < -0.4 is 5.32 Å². The number of hydrogen-bond acceptors (Lipinski definition) is 4. The van der Waals surface area contributed by atoms with E-state index < -0.39 is 16.4 Å². The van der Waals surface area contributed by atoms with Crippen LogP contribution in [-0.4, -0.2) is 26.9 Å². The van der Waals surface area contributed by atoms with Gasteiger partial charge in [0.25, 0.3) is 11.6 Å². The first-order chi connectivity index (χ1) is 7.86. The predicted octanol–water partition coefficient (Wildman–Crippen LogP) is 1.68. The first-order valence-corrected chi connectivity index (χ1v) is 5.83. The van der Waals surface area contributed by atoms with Gasteiger partial charge in [0.15, 0.2) is 0 Å². The molecule has 0 aromatic heterocycles. The Hall–Kier alpha value is -1.47. The zero-order chi connectivity index (χ0) is 13.1. The minimum Gasteiger partial charge on any atom is -0.379 e. The lowest BCUT2D eigenvalue weighted by molar-refractivity contribution is -0.384. The van der Waals surface area contributed by atoms with E-state index in [1.54, 1.807) is 0 Å². The molecule has 0 saturated carbocycles. The Morgan fingerprint density at radius 3 is 2.47 bits per heavy atom. The van der Waals surface area contributed by atoms with Gasteiger partial charge in [0, 0.05) is 23.2 Å². The van der Waals surface area contributed by atoms with E-state index >= 15 is 0 Å². The van der Waals surface area contributed by atoms with Crippen molar-refractivity contribution in [3.63, 3.8) is 0 Å².